The molecule has 1 heteroatoms. The number of hydrogen-bond acceptors (Lipinski definition) is 1. The molecular weight excluding hydrogens is 160 g/mol. The minimum absolute atomic E-state index is 0.262. The zero-order chi connectivity index (χ0) is 10.1. The van der Waals surface area contributed by atoms with Crippen molar-refractivity contribution in [2.45, 2.75) is 47.0 Å². The van der Waals surface area contributed by atoms with Gasteiger partial charge in [0.05, 0.1) is 6.61 Å². The molecule has 0 aromatic heterocycles. The fraction of sp³-hybridized carbons (Fsp3) is 0.833. The van der Waals surface area contributed by atoms with Crippen LogP contribution in [0.5, 0.6) is 0 Å². The summed E-state index contributed by atoms with van der Waals surface area (Å²) in [5.41, 5.74) is 3.09. The molecule has 76 valence electrons. The first-order valence-corrected chi connectivity index (χ1v) is 5.23. The predicted octanol–water partition coefficient (Wildman–Crippen LogP) is 3.14. The zero-order valence-corrected chi connectivity index (χ0v) is 9.35. The number of allylic oxidation sites excluding steroid dienone is 1. The van der Waals surface area contributed by atoms with Gasteiger partial charge in [-0.25, -0.2) is 0 Å². The highest BCUT2D eigenvalue weighted by molar-refractivity contribution is 5.17. The van der Waals surface area contributed by atoms with Crippen LogP contribution in [-0.4, -0.2) is 11.7 Å². The van der Waals surface area contributed by atoms with E-state index in [0.717, 1.165) is 12.3 Å². The summed E-state index contributed by atoms with van der Waals surface area (Å²) in [5.74, 6) is 0.748. The van der Waals surface area contributed by atoms with Crippen molar-refractivity contribution < 1.29 is 5.11 Å². The minimum Gasteiger partial charge on any atom is -0.392 e. The van der Waals surface area contributed by atoms with Crippen molar-refractivity contribution in [1.29, 1.82) is 0 Å². The monoisotopic (exact) mass is 182 g/mol. The molecule has 1 aliphatic carbocycles. The lowest BCUT2D eigenvalue weighted by Crippen LogP contribution is -2.24. The van der Waals surface area contributed by atoms with Crippen LogP contribution in [0.4, 0.5) is 0 Å². The van der Waals surface area contributed by atoms with Crippen molar-refractivity contribution in [2.24, 2.45) is 11.3 Å². The van der Waals surface area contributed by atoms with E-state index in [1.807, 2.05) is 0 Å². The number of rotatable bonds is 1. The van der Waals surface area contributed by atoms with E-state index >= 15 is 0 Å². The van der Waals surface area contributed by atoms with Gasteiger partial charge in [0.2, 0.25) is 0 Å². The van der Waals surface area contributed by atoms with Gasteiger partial charge in [0.1, 0.15) is 0 Å². The van der Waals surface area contributed by atoms with Crippen molar-refractivity contribution in [3.05, 3.63) is 11.1 Å². The molecule has 0 bridgehead atoms. The van der Waals surface area contributed by atoms with Gasteiger partial charge < -0.3 is 5.11 Å². The average Bonchev–Trinajstić information content (AvgIpc) is 2.03. The van der Waals surface area contributed by atoms with Crippen LogP contribution in [0.15, 0.2) is 11.1 Å². The summed E-state index contributed by atoms with van der Waals surface area (Å²) in [4.78, 5) is 0. The Kier molecular flexibility index (Phi) is 3.18. The third-order valence-electron chi connectivity index (χ3n) is 3.38. The molecule has 13 heavy (non-hydrogen) atoms. The molecule has 0 saturated carbocycles. The largest absolute Gasteiger partial charge is 0.392 e. The lowest BCUT2D eigenvalue weighted by Gasteiger charge is -2.35. The highest BCUT2D eigenvalue weighted by atomic mass is 16.3. The second kappa shape index (κ2) is 3.83. The SMILES string of the molecule is CC1=C(CO)CC(C(C)(C)C)CC1. The van der Waals surface area contributed by atoms with E-state index in [9.17, 15) is 5.11 Å². The second-order valence-corrected chi connectivity index (χ2v) is 5.35. The van der Waals surface area contributed by atoms with Gasteiger partial charge in [0.25, 0.3) is 0 Å². The molecule has 0 fully saturated rings. The Labute approximate surface area is 81.9 Å². The Bertz CT molecular complexity index is 208. The van der Waals surface area contributed by atoms with Gasteiger partial charge in [-0.2, -0.15) is 0 Å². The van der Waals surface area contributed by atoms with Crippen LogP contribution in [-0.2, 0) is 0 Å². The Balaban J connectivity index is 2.70. The summed E-state index contributed by atoms with van der Waals surface area (Å²) in [6, 6.07) is 0. The minimum atomic E-state index is 0.262. The number of hydrogen-bond donors (Lipinski definition) is 1. The molecule has 0 saturated heterocycles. The molecule has 0 amide bonds. The van der Waals surface area contributed by atoms with Gasteiger partial charge in [0, 0.05) is 0 Å². The van der Waals surface area contributed by atoms with Crippen molar-refractivity contribution in [3.8, 4) is 0 Å². The van der Waals surface area contributed by atoms with Crippen LogP contribution in [0.3, 0.4) is 0 Å². The zero-order valence-electron chi connectivity index (χ0n) is 9.35. The van der Waals surface area contributed by atoms with E-state index in [0.29, 0.717) is 5.41 Å². The fourth-order valence-electron chi connectivity index (χ4n) is 2.08. The molecule has 0 aromatic rings. The van der Waals surface area contributed by atoms with Crippen molar-refractivity contribution in [1.82, 2.24) is 0 Å². The maximum Gasteiger partial charge on any atom is 0.0644 e. The van der Waals surface area contributed by atoms with E-state index < -0.39 is 0 Å². The van der Waals surface area contributed by atoms with E-state index in [1.54, 1.807) is 0 Å². The topological polar surface area (TPSA) is 20.2 Å². The molecule has 0 heterocycles. The maximum absolute atomic E-state index is 9.19. The van der Waals surface area contributed by atoms with Crippen LogP contribution in [0.25, 0.3) is 0 Å². The molecule has 1 aliphatic rings. The molecule has 0 aliphatic heterocycles. The first kappa shape index (κ1) is 10.8. The molecule has 1 rings (SSSR count). The van der Waals surface area contributed by atoms with Gasteiger partial charge >= 0.3 is 0 Å². The third kappa shape index (κ3) is 2.57. The normalized spacial score (nSPS) is 25.2. The summed E-state index contributed by atoms with van der Waals surface area (Å²) in [7, 11) is 0. The van der Waals surface area contributed by atoms with Crippen LogP contribution in [0.2, 0.25) is 0 Å². The Morgan fingerprint density at radius 3 is 2.46 bits per heavy atom. The first-order chi connectivity index (χ1) is 5.95. The predicted molar refractivity (Wildman–Crippen MR) is 56.6 cm³/mol. The van der Waals surface area contributed by atoms with Gasteiger partial charge in [-0.05, 0) is 43.1 Å². The summed E-state index contributed by atoms with van der Waals surface area (Å²) in [6.07, 6.45) is 3.57. The fourth-order valence-corrected chi connectivity index (χ4v) is 2.08. The molecule has 0 radical (unpaired) electrons. The highest BCUT2D eigenvalue weighted by Crippen LogP contribution is 2.39. The summed E-state index contributed by atoms with van der Waals surface area (Å²) < 4.78 is 0. The van der Waals surface area contributed by atoms with Crippen molar-refractivity contribution in [2.75, 3.05) is 6.61 Å². The lowest BCUT2D eigenvalue weighted by atomic mass is 9.71. The van der Waals surface area contributed by atoms with Crippen LogP contribution in [0, 0.1) is 11.3 Å². The van der Waals surface area contributed by atoms with Gasteiger partial charge in [-0.15, -0.1) is 0 Å². The van der Waals surface area contributed by atoms with E-state index in [-0.39, 0.29) is 6.61 Å². The molecule has 1 atom stereocenters. The van der Waals surface area contributed by atoms with Crippen LogP contribution in [0.1, 0.15) is 47.0 Å². The van der Waals surface area contributed by atoms with Crippen molar-refractivity contribution in [3.63, 3.8) is 0 Å². The number of aliphatic hydroxyl groups is 1. The Hall–Kier alpha value is -0.300. The van der Waals surface area contributed by atoms with Gasteiger partial charge in [0.15, 0.2) is 0 Å². The van der Waals surface area contributed by atoms with E-state index in [2.05, 4.69) is 27.7 Å². The maximum atomic E-state index is 9.19. The standard InChI is InChI=1S/C12H22O/c1-9-5-6-11(12(2,3)4)7-10(9)8-13/h11,13H,5-8H2,1-4H3. The molecular formula is C12H22O. The molecule has 0 spiro atoms. The quantitative estimate of drug-likeness (QED) is 0.618. The Morgan fingerprint density at radius 1 is 1.38 bits per heavy atom. The molecule has 1 nitrogen and oxygen atoms in total. The van der Waals surface area contributed by atoms with Crippen LogP contribution < -0.4 is 0 Å². The molecule has 1 N–H and O–H groups in total. The third-order valence-corrected chi connectivity index (χ3v) is 3.38. The molecule has 0 aromatic carbocycles. The molecule has 1 unspecified atom stereocenters. The van der Waals surface area contributed by atoms with E-state index in [1.165, 1.54) is 24.0 Å². The smallest absolute Gasteiger partial charge is 0.0644 e. The summed E-state index contributed by atoms with van der Waals surface area (Å²) in [6.45, 7) is 9.32. The van der Waals surface area contributed by atoms with Gasteiger partial charge in [-0.3, -0.25) is 0 Å². The number of aliphatic hydroxyl groups excluding tert-OH is 1. The van der Waals surface area contributed by atoms with E-state index in [4.69, 9.17) is 0 Å². The average molecular weight is 182 g/mol. The second-order valence-electron chi connectivity index (χ2n) is 5.35. The Morgan fingerprint density at radius 2 is 2.00 bits per heavy atom. The summed E-state index contributed by atoms with van der Waals surface area (Å²) >= 11 is 0. The summed E-state index contributed by atoms with van der Waals surface area (Å²) in [5, 5.41) is 9.19. The highest BCUT2D eigenvalue weighted by Gasteiger charge is 2.28. The lowest BCUT2D eigenvalue weighted by molar-refractivity contribution is 0.203. The van der Waals surface area contributed by atoms with Crippen LogP contribution >= 0.6 is 0 Å². The van der Waals surface area contributed by atoms with Crippen molar-refractivity contribution >= 4 is 0 Å². The van der Waals surface area contributed by atoms with Gasteiger partial charge in [-0.1, -0.05) is 26.3 Å². The first-order valence-electron chi connectivity index (χ1n) is 5.23.